The summed E-state index contributed by atoms with van der Waals surface area (Å²) in [5, 5.41) is 0. The lowest BCUT2D eigenvalue weighted by molar-refractivity contribution is 1.67. The first-order valence-corrected chi connectivity index (χ1v) is 6.36. The predicted octanol–water partition coefficient (Wildman–Crippen LogP) is 1.19. The van der Waals surface area contributed by atoms with Crippen molar-refractivity contribution in [1.29, 1.82) is 0 Å². The van der Waals surface area contributed by atoms with Crippen LogP contribution < -0.4 is 0 Å². The standard InChI is InChI=1S/C4H11ClSi.Mg.2H/c1-6(2,3)4-5;;;/h4H2,1-3H3;;;. The molecule has 42 valence electrons. The number of hydrogen-bond donors (Lipinski definition) is 0. The van der Waals surface area contributed by atoms with Crippen LogP contribution in [0.15, 0.2) is 0 Å². The van der Waals surface area contributed by atoms with E-state index in [0.29, 0.717) is 0 Å². The minimum Gasteiger partial charge on any atom is -0.130 e. The zero-order valence-electron chi connectivity index (χ0n) is 4.59. The third-order valence-electron chi connectivity index (χ3n) is 0.401. The molecule has 3 heteroatoms. The quantitative estimate of drug-likeness (QED) is 0.388. The molecule has 0 atom stereocenters. The van der Waals surface area contributed by atoms with Gasteiger partial charge in [-0.05, 0) is 0 Å². The molecular formula is C4H13ClMgSi. The van der Waals surface area contributed by atoms with Crippen molar-refractivity contribution in [2.45, 2.75) is 19.6 Å². The molecule has 0 amide bonds. The van der Waals surface area contributed by atoms with Crippen LogP contribution in [0.4, 0.5) is 0 Å². The summed E-state index contributed by atoms with van der Waals surface area (Å²) in [6, 6.07) is 0. The second kappa shape index (κ2) is 4.18. The van der Waals surface area contributed by atoms with Gasteiger partial charge in [-0.3, -0.25) is 0 Å². The van der Waals surface area contributed by atoms with Crippen LogP contribution in [-0.4, -0.2) is 36.6 Å². The van der Waals surface area contributed by atoms with E-state index in [4.69, 9.17) is 11.6 Å². The molecule has 0 bridgehead atoms. The SMILES string of the molecule is C[Si](C)(C)CCl.[MgH2]. The molecule has 0 aromatic carbocycles. The van der Waals surface area contributed by atoms with Crippen molar-refractivity contribution in [3.8, 4) is 0 Å². The fourth-order valence-electron chi connectivity index (χ4n) is 0. The monoisotopic (exact) mass is 148 g/mol. The van der Waals surface area contributed by atoms with Crippen LogP contribution in [-0.2, 0) is 0 Å². The molecule has 0 unspecified atom stereocenters. The van der Waals surface area contributed by atoms with Crippen LogP contribution in [0.3, 0.4) is 0 Å². The molecule has 0 radical (unpaired) electrons. The largest absolute Gasteiger partial charge is 0.316 e. The van der Waals surface area contributed by atoms with E-state index in [9.17, 15) is 0 Å². The topological polar surface area (TPSA) is 0 Å². The summed E-state index contributed by atoms with van der Waals surface area (Å²) in [4.78, 5) is 0. The molecule has 0 rings (SSSR count). The highest BCUT2D eigenvalue weighted by atomic mass is 35.5. The zero-order valence-corrected chi connectivity index (χ0v) is 6.34. The van der Waals surface area contributed by atoms with Gasteiger partial charge in [0, 0.05) is 5.50 Å². The molecule has 0 nitrogen and oxygen atoms in total. The second-order valence-corrected chi connectivity index (χ2v) is 8.88. The summed E-state index contributed by atoms with van der Waals surface area (Å²) in [6.45, 7) is 6.75. The maximum absolute atomic E-state index is 5.54. The van der Waals surface area contributed by atoms with Gasteiger partial charge in [0.05, 0.1) is 8.07 Å². The molecule has 0 heterocycles. The van der Waals surface area contributed by atoms with E-state index >= 15 is 0 Å². The molecule has 0 N–H and O–H groups in total. The van der Waals surface area contributed by atoms with Gasteiger partial charge in [0.1, 0.15) is 0 Å². The van der Waals surface area contributed by atoms with Crippen molar-refractivity contribution < 1.29 is 0 Å². The number of hydrogen-bond acceptors (Lipinski definition) is 0. The normalized spacial score (nSPS) is 10.3. The van der Waals surface area contributed by atoms with Gasteiger partial charge in [-0.25, -0.2) is 0 Å². The summed E-state index contributed by atoms with van der Waals surface area (Å²) in [5.74, 6) is 0. The summed E-state index contributed by atoms with van der Waals surface area (Å²) in [7, 11) is -0.866. The Balaban J connectivity index is 0. The average Bonchev–Trinajstić information content (AvgIpc) is 1.35. The third-order valence-corrected chi connectivity index (χ3v) is 3.61. The number of halogens is 1. The first-order valence-electron chi connectivity index (χ1n) is 2.12. The molecule has 7 heavy (non-hydrogen) atoms. The predicted molar refractivity (Wildman–Crippen MR) is 42.6 cm³/mol. The Morgan fingerprint density at radius 1 is 1.29 bits per heavy atom. The Morgan fingerprint density at radius 3 is 1.43 bits per heavy atom. The summed E-state index contributed by atoms with van der Waals surface area (Å²) in [5.41, 5.74) is 0.882. The first-order chi connectivity index (χ1) is 2.56. The van der Waals surface area contributed by atoms with E-state index < -0.39 is 8.07 Å². The van der Waals surface area contributed by atoms with Gasteiger partial charge in [-0.2, -0.15) is 0 Å². The molecule has 0 aliphatic carbocycles. The van der Waals surface area contributed by atoms with E-state index in [-0.39, 0.29) is 23.1 Å². The van der Waals surface area contributed by atoms with Crippen LogP contribution >= 0.6 is 11.6 Å². The second-order valence-electron chi connectivity index (χ2n) is 2.69. The lowest BCUT2D eigenvalue weighted by Crippen LogP contribution is -2.21. The third kappa shape index (κ3) is 11.1. The van der Waals surface area contributed by atoms with Crippen molar-refractivity contribution >= 4 is 42.7 Å². The molecule has 0 aromatic rings. The van der Waals surface area contributed by atoms with Crippen molar-refractivity contribution in [3.05, 3.63) is 0 Å². The Bertz CT molecular complexity index is 41.4. The highest BCUT2D eigenvalue weighted by Crippen LogP contribution is 2.00. The van der Waals surface area contributed by atoms with Crippen LogP contribution in [0.2, 0.25) is 19.6 Å². The minimum atomic E-state index is -0.866. The van der Waals surface area contributed by atoms with Crippen LogP contribution in [0, 0.1) is 0 Å². The Labute approximate surface area is 67.8 Å². The smallest absolute Gasteiger partial charge is 0.130 e. The Kier molecular flexibility index (Phi) is 6.64. The molecule has 0 saturated heterocycles. The van der Waals surface area contributed by atoms with E-state index in [2.05, 4.69) is 19.6 Å². The van der Waals surface area contributed by atoms with Crippen LogP contribution in [0.1, 0.15) is 0 Å². The van der Waals surface area contributed by atoms with Gasteiger partial charge in [-0.15, -0.1) is 11.6 Å². The molecule has 0 fully saturated rings. The molecular weight excluding hydrogens is 136 g/mol. The van der Waals surface area contributed by atoms with Gasteiger partial charge < -0.3 is 0 Å². The van der Waals surface area contributed by atoms with Crippen LogP contribution in [0.5, 0.6) is 0 Å². The van der Waals surface area contributed by atoms with Crippen molar-refractivity contribution in [1.82, 2.24) is 0 Å². The molecule has 0 spiro atoms. The first kappa shape index (κ1) is 11.1. The van der Waals surface area contributed by atoms with Crippen LogP contribution in [0.25, 0.3) is 0 Å². The Hall–Kier alpha value is 1.27. The van der Waals surface area contributed by atoms with E-state index in [0.717, 1.165) is 5.50 Å². The molecule has 0 aromatic heterocycles. The van der Waals surface area contributed by atoms with E-state index in [1.54, 1.807) is 0 Å². The van der Waals surface area contributed by atoms with Gasteiger partial charge in [0.25, 0.3) is 0 Å². The summed E-state index contributed by atoms with van der Waals surface area (Å²) >= 11 is 5.54. The van der Waals surface area contributed by atoms with Gasteiger partial charge >= 0.3 is 23.1 Å². The number of rotatable bonds is 1. The number of alkyl halides is 1. The lowest BCUT2D eigenvalue weighted by Gasteiger charge is -2.07. The fraction of sp³-hybridized carbons (Fsp3) is 1.00. The van der Waals surface area contributed by atoms with Crippen molar-refractivity contribution in [2.24, 2.45) is 0 Å². The maximum Gasteiger partial charge on any atom is 0.316 e. The highest BCUT2D eigenvalue weighted by Gasteiger charge is 2.08. The highest BCUT2D eigenvalue weighted by molar-refractivity contribution is 6.81. The van der Waals surface area contributed by atoms with E-state index in [1.165, 1.54) is 0 Å². The Morgan fingerprint density at radius 2 is 1.43 bits per heavy atom. The maximum atomic E-state index is 5.54. The summed E-state index contributed by atoms with van der Waals surface area (Å²) < 4.78 is 0. The van der Waals surface area contributed by atoms with E-state index in [1.807, 2.05) is 0 Å². The van der Waals surface area contributed by atoms with Gasteiger partial charge in [0.2, 0.25) is 0 Å². The minimum absolute atomic E-state index is 0. The van der Waals surface area contributed by atoms with Gasteiger partial charge in [-0.1, -0.05) is 19.6 Å². The van der Waals surface area contributed by atoms with Crippen molar-refractivity contribution in [2.75, 3.05) is 5.50 Å². The molecule has 0 saturated carbocycles. The lowest BCUT2D eigenvalue weighted by atomic mass is 11.8. The zero-order chi connectivity index (χ0) is 5.21. The summed E-state index contributed by atoms with van der Waals surface area (Å²) in [6.07, 6.45) is 0. The molecule has 0 aliphatic rings. The van der Waals surface area contributed by atoms with Gasteiger partial charge in [0.15, 0.2) is 0 Å². The molecule has 0 aliphatic heterocycles. The average molecular weight is 149 g/mol. The fourth-order valence-corrected chi connectivity index (χ4v) is 0. The van der Waals surface area contributed by atoms with Crippen molar-refractivity contribution in [3.63, 3.8) is 0 Å².